The van der Waals surface area contributed by atoms with Crippen LogP contribution in [0.5, 0.6) is 5.75 Å². The zero-order valence-electron chi connectivity index (χ0n) is 17.4. The van der Waals surface area contributed by atoms with Crippen LogP contribution in [0.2, 0.25) is 0 Å². The fourth-order valence-corrected chi connectivity index (χ4v) is 4.85. The number of rotatable bonds is 9. The Balaban J connectivity index is 1.41. The van der Waals surface area contributed by atoms with Gasteiger partial charge in [-0.15, -0.1) is 0 Å². The number of benzene rings is 2. The van der Waals surface area contributed by atoms with E-state index in [0.29, 0.717) is 24.0 Å². The van der Waals surface area contributed by atoms with Crippen molar-refractivity contribution in [2.75, 3.05) is 32.8 Å². The van der Waals surface area contributed by atoms with Crippen LogP contribution in [0, 0.1) is 19.8 Å². The lowest BCUT2D eigenvalue weighted by atomic mass is 9.98. The molecular formula is C23H32N2O3S. The van der Waals surface area contributed by atoms with Crippen LogP contribution in [-0.2, 0) is 10.0 Å². The molecule has 5 nitrogen and oxygen atoms in total. The average Bonchev–Trinajstić information content (AvgIpc) is 2.72. The largest absolute Gasteiger partial charge is 0.493 e. The minimum atomic E-state index is -3.44. The second-order valence-corrected chi connectivity index (χ2v) is 9.71. The van der Waals surface area contributed by atoms with Gasteiger partial charge in [0.15, 0.2) is 0 Å². The van der Waals surface area contributed by atoms with Gasteiger partial charge in [-0.25, -0.2) is 13.1 Å². The third kappa shape index (κ3) is 6.56. The highest BCUT2D eigenvalue weighted by Crippen LogP contribution is 2.19. The number of sulfonamides is 1. The number of nitrogens with zero attached hydrogens (tertiary/aromatic N) is 1. The Hall–Kier alpha value is -1.89. The number of likely N-dealkylation sites (tertiary alicyclic amines) is 1. The molecule has 0 amide bonds. The summed E-state index contributed by atoms with van der Waals surface area (Å²) in [6.45, 7) is 8.19. The maximum absolute atomic E-state index is 12.5. The number of piperidine rings is 1. The molecule has 2 aromatic rings. The van der Waals surface area contributed by atoms with E-state index in [1.54, 1.807) is 12.1 Å². The molecule has 158 valence electrons. The molecule has 29 heavy (non-hydrogen) atoms. The second-order valence-electron chi connectivity index (χ2n) is 7.94. The Morgan fingerprint density at radius 2 is 1.86 bits per heavy atom. The van der Waals surface area contributed by atoms with Gasteiger partial charge in [0.2, 0.25) is 10.0 Å². The first kappa shape index (κ1) is 21.8. The number of aryl methyl sites for hydroxylation is 2. The molecule has 1 aliphatic heterocycles. The minimum Gasteiger partial charge on any atom is -0.493 e. The molecule has 1 heterocycles. The predicted molar refractivity (Wildman–Crippen MR) is 117 cm³/mol. The zero-order chi connectivity index (χ0) is 20.7. The number of para-hydroxylation sites is 1. The quantitative estimate of drug-likeness (QED) is 0.633. The van der Waals surface area contributed by atoms with Gasteiger partial charge in [-0.2, -0.15) is 0 Å². The minimum absolute atomic E-state index is 0.337. The molecule has 1 N–H and O–H groups in total. The molecule has 0 aliphatic carbocycles. The smallest absolute Gasteiger partial charge is 0.240 e. The van der Waals surface area contributed by atoms with Crippen molar-refractivity contribution >= 4 is 10.0 Å². The molecular weight excluding hydrogens is 384 g/mol. The fourth-order valence-electron chi connectivity index (χ4n) is 3.74. The highest BCUT2D eigenvalue weighted by atomic mass is 32.2. The van der Waals surface area contributed by atoms with E-state index in [1.165, 1.54) is 0 Å². The van der Waals surface area contributed by atoms with Crippen LogP contribution >= 0.6 is 0 Å². The summed E-state index contributed by atoms with van der Waals surface area (Å²) in [4.78, 5) is 2.76. The maximum Gasteiger partial charge on any atom is 0.240 e. The van der Waals surface area contributed by atoms with Crippen LogP contribution in [0.3, 0.4) is 0 Å². The highest BCUT2D eigenvalue weighted by Gasteiger charge is 2.22. The SMILES string of the molecule is Cc1ccc(S(=O)(=O)NCC2CCCN(CCCOc3ccccc3C)C2)cc1. The van der Waals surface area contributed by atoms with Crippen LogP contribution in [0.15, 0.2) is 53.4 Å². The summed E-state index contributed by atoms with van der Waals surface area (Å²) in [6, 6.07) is 15.1. The van der Waals surface area contributed by atoms with Crippen molar-refractivity contribution in [3.8, 4) is 5.75 Å². The summed E-state index contributed by atoms with van der Waals surface area (Å²) in [6.07, 6.45) is 3.14. The number of hydrogen-bond acceptors (Lipinski definition) is 4. The van der Waals surface area contributed by atoms with Gasteiger partial charge in [0, 0.05) is 19.6 Å². The molecule has 6 heteroatoms. The van der Waals surface area contributed by atoms with E-state index in [1.807, 2.05) is 37.3 Å². The van der Waals surface area contributed by atoms with Crippen LogP contribution in [0.1, 0.15) is 30.4 Å². The van der Waals surface area contributed by atoms with Gasteiger partial charge in [0.05, 0.1) is 11.5 Å². The van der Waals surface area contributed by atoms with E-state index in [9.17, 15) is 8.42 Å². The van der Waals surface area contributed by atoms with Crippen molar-refractivity contribution in [1.29, 1.82) is 0 Å². The van der Waals surface area contributed by atoms with Crippen LogP contribution in [0.25, 0.3) is 0 Å². The van der Waals surface area contributed by atoms with Crippen molar-refractivity contribution in [2.24, 2.45) is 5.92 Å². The summed E-state index contributed by atoms with van der Waals surface area (Å²) in [5.41, 5.74) is 2.21. The molecule has 1 unspecified atom stereocenters. The van der Waals surface area contributed by atoms with Crippen LogP contribution in [0.4, 0.5) is 0 Å². The molecule has 0 aromatic heterocycles. The summed E-state index contributed by atoms with van der Waals surface area (Å²) in [5.74, 6) is 1.30. The van der Waals surface area contributed by atoms with E-state index >= 15 is 0 Å². The molecule has 0 saturated carbocycles. The lowest BCUT2D eigenvalue weighted by Crippen LogP contribution is -2.41. The Kier molecular flexibility index (Phi) is 7.70. The topological polar surface area (TPSA) is 58.6 Å². The zero-order valence-corrected chi connectivity index (χ0v) is 18.2. The van der Waals surface area contributed by atoms with Gasteiger partial charge in [-0.3, -0.25) is 0 Å². The van der Waals surface area contributed by atoms with Crippen molar-refractivity contribution in [2.45, 2.75) is 38.0 Å². The summed E-state index contributed by atoms with van der Waals surface area (Å²) in [5, 5.41) is 0. The molecule has 1 fully saturated rings. The molecule has 1 aliphatic rings. The molecule has 1 atom stereocenters. The molecule has 0 spiro atoms. The Labute approximate surface area is 175 Å². The standard InChI is InChI=1S/C23H32N2O3S/c1-19-10-12-22(13-11-19)29(26,27)24-17-21-8-5-14-25(18-21)15-6-16-28-23-9-4-3-7-20(23)2/h3-4,7,9-13,21,24H,5-6,8,14-18H2,1-2H3. The highest BCUT2D eigenvalue weighted by molar-refractivity contribution is 7.89. The van der Waals surface area contributed by atoms with Crippen LogP contribution < -0.4 is 9.46 Å². The lowest BCUT2D eigenvalue weighted by molar-refractivity contribution is 0.163. The molecule has 1 saturated heterocycles. The number of hydrogen-bond donors (Lipinski definition) is 1. The molecule has 2 aromatic carbocycles. The van der Waals surface area contributed by atoms with Crippen molar-refractivity contribution in [1.82, 2.24) is 9.62 Å². The Morgan fingerprint density at radius 1 is 1.10 bits per heavy atom. The second kappa shape index (κ2) is 10.2. The maximum atomic E-state index is 12.5. The van der Waals surface area contributed by atoms with Gasteiger partial charge in [0.25, 0.3) is 0 Å². The van der Waals surface area contributed by atoms with Gasteiger partial charge in [0.1, 0.15) is 5.75 Å². The predicted octanol–water partition coefficient (Wildman–Crippen LogP) is 3.76. The third-order valence-electron chi connectivity index (χ3n) is 5.47. The Bertz CT molecular complexity index is 881. The van der Waals surface area contributed by atoms with Crippen molar-refractivity contribution < 1.29 is 13.2 Å². The first-order valence-corrected chi connectivity index (χ1v) is 11.9. The summed E-state index contributed by atoms with van der Waals surface area (Å²) >= 11 is 0. The first-order valence-electron chi connectivity index (χ1n) is 10.4. The first-order chi connectivity index (χ1) is 13.9. The van der Waals surface area contributed by atoms with Crippen LogP contribution in [-0.4, -0.2) is 46.1 Å². The summed E-state index contributed by atoms with van der Waals surface area (Å²) in [7, 11) is -3.44. The van der Waals surface area contributed by atoms with E-state index < -0.39 is 10.0 Å². The fraction of sp³-hybridized carbons (Fsp3) is 0.478. The normalized spacial score (nSPS) is 17.9. The third-order valence-corrected chi connectivity index (χ3v) is 6.91. The molecule has 3 rings (SSSR count). The molecule has 0 bridgehead atoms. The van der Waals surface area contributed by atoms with Crippen molar-refractivity contribution in [3.05, 3.63) is 59.7 Å². The van der Waals surface area contributed by atoms with Gasteiger partial charge in [-0.05, 0) is 69.3 Å². The molecule has 0 radical (unpaired) electrons. The number of ether oxygens (including phenoxy) is 1. The van der Waals surface area contributed by atoms with Gasteiger partial charge >= 0.3 is 0 Å². The van der Waals surface area contributed by atoms with E-state index in [4.69, 9.17) is 4.74 Å². The average molecular weight is 417 g/mol. The summed E-state index contributed by atoms with van der Waals surface area (Å²) < 4.78 is 33.7. The number of nitrogens with one attached hydrogen (secondary N) is 1. The van der Waals surface area contributed by atoms with E-state index in [-0.39, 0.29) is 0 Å². The van der Waals surface area contributed by atoms with Crippen molar-refractivity contribution in [3.63, 3.8) is 0 Å². The van der Waals surface area contributed by atoms with E-state index in [2.05, 4.69) is 22.6 Å². The Morgan fingerprint density at radius 3 is 2.62 bits per heavy atom. The monoisotopic (exact) mass is 416 g/mol. The van der Waals surface area contributed by atoms with E-state index in [0.717, 1.165) is 55.8 Å². The van der Waals surface area contributed by atoms with Gasteiger partial charge in [-0.1, -0.05) is 35.9 Å². The van der Waals surface area contributed by atoms with Gasteiger partial charge < -0.3 is 9.64 Å². The lowest BCUT2D eigenvalue weighted by Gasteiger charge is -2.32.